The lowest BCUT2D eigenvalue weighted by atomic mass is 10.0. The number of benzene rings is 1. The van der Waals surface area contributed by atoms with E-state index in [0.29, 0.717) is 4.96 Å². The Balaban J connectivity index is 1.79. The molecule has 2 aromatic heterocycles. The highest BCUT2D eigenvalue weighted by atomic mass is 32.1. The van der Waals surface area contributed by atoms with E-state index in [2.05, 4.69) is 22.2 Å². The molecule has 0 spiro atoms. The number of thiazole rings is 1. The van der Waals surface area contributed by atoms with Crippen molar-refractivity contribution in [3.8, 4) is 11.6 Å². The lowest BCUT2D eigenvalue weighted by molar-refractivity contribution is -0.932. The second-order valence-electron chi connectivity index (χ2n) is 5.72. The maximum atomic E-state index is 10.6. The second-order valence-corrected chi connectivity index (χ2v) is 6.73. The van der Waals surface area contributed by atoms with Gasteiger partial charge < -0.3 is 19.5 Å². The number of quaternary nitrogens is 1. The Morgan fingerprint density at radius 2 is 2.04 bits per heavy atom. The zero-order valence-electron chi connectivity index (χ0n) is 13.3. The molecule has 3 aromatic rings. The Hall–Kier alpha value is -2.16. The number of ether oxygens (including phenoxy) is 2. The Kier molecular flexibility index (Phi) is 4.09. The molecule has 24 heavy (non-hydrogen) atoms. The summed E-state index contributed by atoms with van der Waals surface area (Å²) in [5.41, 5.74) is 1.13. The zero-order valence-corrected chi connectivity index (χ0v) is 14.1. The summed E-state index contributed by atoms with van der Waals surface area (Å²) in [6.07, 6.45) is 1.46. The van der Waals surface area contributed by atoms with Crippen LogP contribution in [0.1, 0.15) is 16.5 Å². The fourth-order valence-corrected chi connectivity index (χ4v) is 4.29. The Labute approximate surface area is 143 Å². The molecule has 1 atom stereocenters. The van der Waals surface area contributed by atoms with Crippen LogP contribution in [0, 0.1) is 0 Å². The number of nitrogens with zero attached hydrogens (tertiary/aromatic N) is 3. The Morgan fingerprint density at radius 3 is 2.71 bits per heavy atom. The van der Waals surface area contributed by atoms with Gasteiger partial charge in [-0.1, -0.05) is 11.3 Å². The van der Waals surface area contributed by atoms with Gasteiger partial charge in [-0.15, -0.1) is 0 Å². The summed E-state index contributed by atoms with van der Waals surface area (Å²) in [5, 5.41) is 14.7. The molecule has 0 bridgehead atoms. The van der Waals surface area contributed by atoms with Crippen LogP contribution in [0.15, 0.2) is 30.6 Å². The third kappa shape index (κ3) is 2.62. The third-order valence-electron chi connectivity index (χ3n) is 4.39. The fraction of sp³-hybridized carbons (Fsp3) is 0.375. The van der Waals surface area contributed by atoms with Crippen LogP contribution in [0.5, 0.6) is 11.6 Å². The van der Waals surface area contributed by atoms with Crippen molar-refractivity contribution in [2.75, 3.05) is 33.4 Å². The molecule has 0 amide bonds. The average Bonchev–Trinajstić information content (AvgIpc) is 3.21. The van der Waals surface area contributed by atoms with E-state index in [1.807, 2.05) is 12.1 Å². The molecule has 1 aliphatic rings. The van der Waals surface area contributed by atoms with E-state index < -0.39 is 0 Å². The molecule has 7 nitrogen and oxygen atoms in total. The van der Waals surface area contributed by atoms with Crippen molar-refractivity contribution < 1.29 is 19.5 Å². The van der Waals surface area contributed by atoms with Gasteiger partial charge in [-0.25, -0.2) is 4.98 Å². The SMILES string of the molecule is COc1ccc([C@H](c2sc3ncnn3c2O)[NH+]2CCOCC2)cc1. The Bertz CT molecular complexity index is 824. The minimum atomic E-state index is 0.0216. The summed E-state index contributed by atoms with van der Waals surface area (Å²) in [6.45, 7) is 3.24. The van der Waals surface area contributed by atoms with E-state index in [9.17, 15) is 5.11 Å². The molecule has 1 aromatic carbocycles. The molecule has 126 valence electrons. The van der Waals surface area contributed by atoms with Crippen molar-refractivity contribution in [3.05, 3.63) is 41.0 Å². The molecule has 0 aliphatic carbocycles. The molecule has 0 unspecified atom stereocenters. The van der Waals surface area contributed by atoms with Gasteiger partial charge in [0.15, 0.2) is 6.04 Å². The van der Waals surface area contributed by atoms with Crippen LogP contribution in [0.4, 0.5) is 0 Å². The highest BCUT2D eigenvalue weighted by Gasteiger charge is 2.33. The minimum Gasteiger partial charge on any atom is -0.497 e. The topological polar surface area (TPSA) is 73.3 Å². The van der Waals surface area contributed by atoms with Gasteiger partial charge in [0.1, 0.15) is 30.0 Å². The smallest absolute Gasteiger partial charge is 0.235 e. The largest absolute Gasteiger partial charge is 0.497 e. The van der Waals surface area contributed by atoms with E-state index >= 15 is 0 Å². The molecule has 1 saturated heterocycles. The zero-order chi connectivity index (χ0) is 16.5. The van der Waals surface area contributed by atoms with Crippen LogP contribution in [0.25, 0.3) is 4.96 Å². The number of aromatic hydroxyl groups is 1. The molecular formula is C16H19N4O3S+. The molecule has 0 radical (unpaired) electrons. The Morgan fingerprint density at radius 1 is 1.29 bits per heavy atom. The van der Waals surface area contributed by atoms with E-state index in [1.165, 1.54) is 27.1 Å². The predicted molar refractivity (Wildman–Crippen MR) is 88.9 cm³/mol. The molecule has 8 heteroatoms. The molecular weight excluding hydrogens is 328 g/mol. The maximum Gasteiger partial charge on any atom is 0.235 e. The van der Waals surface area contributed by atoms with Crippen molar-refractivity contribution in [1.82, 2.24) is 14.6 Å². The summed E-state index contributed by atoms with van der Waals surface area (Å²) in [7, 11) is 1.66. The van der Waals surface area contributed by atoms with Gasteiger partial charge >= 0.3 is 0 Å². The highest BCUT2D eigenvalue weighted by Crippen LogP contribution is 2.35. The number of hydrogen-bond acceptors (Lipinski definition) is 6. The van der Waals surface area contributed by atoms with Crippen molar-refractivity contribution >= 4 is 16.3 Å². The summed E-state index contributed by atoms with van der Waals surface area (Å²) in [5.74, 6) is 0.994. The number of methoxy groups -OCH3 is 1. The molecule has 2 N–H and O–H groups in total. The maximum absolute atomic E-state index is 10.6. The summed E-state index contributed by atoms with van der Waals surface area (Å²) in [6, 6.07) is 8.04. The van der Waals surface area contributed by atoms with Crippen LogP contribution >= 0.6 is 11.3 Å². The average molecular weight is 347 g/mol. The first-order valence-electron chi connectivity index (χ1n) is 7.85. The third-order valence-corrected chi connectivity index (χ3v) is 5.49. The van der Waals surface area contributed by atoms with E-state index in [-0.39, 0.29) is 11.9 Å². The van der Waals surface area contributed by atoms with Gasteiger partial charge in [-0.2, -0.15) is 9.61 Å². The normalized spacial score (nSPS) is 17.2. The number of morpholine rings is 1. The van der Waals surface area contributed by atoms with Crippen molar-refractivity contribution in [3.63, 3.8) is 0 Å². The van der Waals surface area contributed by atoms with Crippen LogP contribution in [0.3, 0.4) is 0 Å². The lowest BCUT2D eigenvalue weighted by Gasteiger charge is -2.31. The van der Waals surface area contributed by atoms with Crippen molar-refractivity contribution in [2.24, 2.45) is 0 Å². The van der Waals surface area contributed by atoms with Crippen LogP contribution in [0.2, 0.25) is 0 Å². The number of nitrogens with one attached hydrogen (secondary N) is 1. The van der Waals surface area contributed by atoms with Gasteiger partial charge in [0, 0.05) is 5.56 Å². The summed E-state index contributed by atoms with van der Waals surface area (Å²) < 4.78 is 12.3. The number of hydrogen-bond donors (Lipinski definition) is 2. The minimum absolute atomic E-state index is 0.0216. The van der Waals surface area contributed by atoms with Gasteiger partial charge in [0.25, 0.3) is 0 Å². The van der Waals surface area contributed by atoms with E-state index in [0.717, 1.165) is 42.5 Å². The van der Waals surface area contributed by atoms with Crippen LogP contribution in [-0.4, -0.2) is 53.1 Å². The first-order chi connectivity index (χ1) is 11.8. The monoisotopic (exact) mass is 347 g/mol. The summed E-state index contributed by atoms with van der Waals surface area (Å²) in [4.78, 5) is 7.16. The van der Waals surface area contributed by atoms with Crippen molar-refractivity contribution in [1.29, 1.82) is 0 Å². The number of aromatic nitrogens is 3. The fourth-order valence-electron chi connectivity index (χ4n) is 3.17. The molecule has 0 saturated carbocycles. The first-order valence-corrected chi connectivity index (χ1v) is 8.67. The lowest BCUT2D eigenvalue weighted by Crippen LogP contribution is -3.14. The summed E-state index contributed by atoms with van der Waals surface area (Å²) >= 11 is 1.48. The van der Waals surface area contributed by atoms with Gasteiger partial charge in [-0.3, -0.25) is 0 Å². The van der Waals surface area contributed by atoms with Crippen molar-refractivity contribution in [2.45, 2.75) is 6.04 Å². The number of fused-ring (bicyclic) bond motifs is 1. The van der Waals surface area contributed by atoms with E-state index in [4.69, 9.17) is 9.47 Å². The number of rotatable bonds is 4. The van der Waals surface area contributed by atoms with E-state index in [1.54, 1.807) is 7.11 Å². The van der Waals surface area contributed by atoms with Crippen LogP contribution < -0.4 is 9.64 Å². The second kappa shape index (κ2) is 6.39. The molecule has 1 aliphatic heterocycles. The van der Waals surface area contributed by atoms with Gasteiger partial charge in [-0.05, 0) is 24.3 Å². The van der Waals surface area contributed by atoms with Gasteiger partial charge in [0.2, 0.25) is 10.8 Å². The molecule has 3 heterocycles. The van der Waals surface area contributed by atoms with Gasteiger partial charge in [0.05, 0.1) is 20.3 Å². The molecule has 4 rings (SSSR count). The predicted octanol–water partition coefficient (Wildman–Crippen LogP) is 0.509. The standard InChI is InChI=1S/C16H18N4O3S/c1-22-12-4-2-11(3-5-12)13(19-6-8-23-9-7-19)14-15(21)20-16(24-14)17-10-18-20/h2-5,10,13,21H,6-9H2,1H3/p+1/t13-/m1/s1. The van der Waals surface area contributed by atoms with Crippen LogP contribution in [-0.2, 0) is 4.74 Å². The highest BCUT2D eigenvalue weighted by molar-refractivity contribution is 7.17. The quantitative estimate of drug-likeness (QED) is 0.719. The first kappa shape index (κ1) is 15.4. The molecule has 1 fully saturated rings.